The zero-order chi connectivity index (χ0) is 14.5. The van der Waals surface area contributed by atoms with Gasteiger partial charge in [-0.15, -0.1) is 0 Å². The molecule has 2 nitrogen and oxygen atoms in total. The molecule has 0 amide bonds. The fraction of sp³-hybridized carbons (Fsp3) is 0.684. The largest absolute Gasteiger partial charge is 0.490 e. The second-order valence-electron chi connectivity index (χ2n) is 6.73. The Morgan fingerprint density at radius 2 is 2.05 bits per heavy atom. The minimum absolute atomic E-state index is 0.398. The molecule has 21 heavy (non-hydrogen) atoms. The summed E-state index contributed by atoms with van der Waals surface area (Å²) in [6, 6.07) is 9.22. The van der Waals surface area contributed by atoms with Gasteiger partial charge in [-0.1, -0.05) is 38.0 Å². The first-order chi connectivity index (χ1) is 10.4. The van der Waals surface area contributed by atoms with Gasteiger partial charge < -0.3 is 10.1 Å². The fourth-order valence-corrected chi connectivity index (χ4v) is 3.97. The lowest BCUT2D eigenvalue weighted by Gasteiger charge is -2.26. The minimum Gasteiger partial charge on any atom is -0.490 e. The van der Waals surface area contributed by atoms with Gasteiger partial charge in [0.25, 0.3) is 0 Å². The summed E-state index contributed by atoms with van der Waals surface area (Å²) in [7, 11) is 0. The molecule has 1 saturated carbocycles. The number of rotatable bonds is 7. The third-order valence-electron chi connectivity index (χ3n) is 5.14. The van der Waals surface area contributed by atoms with E-state index in [0.29, 0.717) is 12.1 Å². The van der Waals surface area contributed by atoms with Gasteiger partial charge in [0.2, 0.25) is 0 Å². The Morgan fingerprint density at radius 1 is 1.24 bits per heavy atom. The highest BCUT2D eigenvalue weighted by Crippen LogP contribution is 2.33. The van der Waals surface area contributed by atoms with Crippen molar-refractivity contribution in [1.29, 1.82) is 0 Å². The predicted molar refractivity (Wildman–Crippen MR) is 87.8 cm³/mol. The van der Waals surface area contributed by atoms with Gasteiger partial charge in [-0.05, 0) is 56.2 Å². The Balaban J connectivity index is 1.50. The van der Waals surface area contributed by atoms with Gasteiger partial charge in [0.05, 0.1) is 0 Å². The Labute approximate surface area is 129 Å². The van der Waals surface area contributed by atoms with Gasteiger partial charge in [0.1, 0.15) is 11.9 Å². The van der Waals surface area contributed by atoms with Crippen molar-refractivity contribution in [1.82, 2.24) is 5.32 Å². The number of nitrogens with one attached hydrogen (secondary N) is 1. The van der Waals surface area contributed by atoms with Crippen molar-refractivity contribution in [3.05, 3.63) is 29.8 Å². The zero-order valence-electron chi connectivity index (χ0n) is 13.3. The van der Waals surface area contributed by atoms with Crippen LogP contribution in [0.15, 0.2) is 24.3 Å². The van der Waals surface area contributed by atoms with Crippen LogP contribution in [0.2, 0.25) is 0 Å². The van der Waals surface area contributed by atoms with Crippen LogP contribution in [0.1, 0.15) is 57.4 Å². The van der Waals surface area contributed by atoms with Crippen LogP contribution in [-0.2, 0) is 6.42 Å². The standard InChI is InChI=1S/C19H29NO/c1-2-13-20-18(15-7-3-4-8-15)12-11-17-14-16-9-5-6-10-19(16)21-17/h5-6,9-10,15,17-18,20H,2-4,7-8,11-14H2,1H3. The lowest BCUT2D eigenvalue weighted by atomic mass is 9.92. The van der Waals surface area contributed by atoms with Gasteiger partial charge in [0.15, 0.2) is 0 Å². The lowest BCUT2D eigenvalue weighted by Crippen LogP contribution is -2.36. The molecule has 0 radical (unpaired) electrons. The molecular weight excluding hydrogens is 258 g/mol. The van der Waals surface area contributed by atoms with Crippen molar-refractivity contribution in [3.8, 4) is 5.75 Å². The van der Waals surface area contributed by atoms with Gasteiger partial charge >= 0.3 is 0 Å². The maximum Gasteiger partial charge on any atom is 0.123 e. The number of benzene rings is 1. The third-order valence-corrected chi connectivity index (χ3v) is 5.14. The average Bonchev–Trinajstić information content (AvgIpc) is 3.16. The molecule has 2 atom stereocenters. The third kappa shape index (κ3) is 3.79. The van der Waals surface area contributed by atoms with E-state index in [9.17, 15) is 0 Å². The predicted octanol–water partition coefficient (Wildman–Crippen LogP) is 4.33. The Kier molecular flexibility index (Phi) is 5.18. The molecule has 1 aromatic rings. The summed E-state index contributed by atoms with van der Waals surface area (Å²) in [6.45, 7) is 3.42. The van der Waals surface area contributed by atoms with E-state index in [1.165, 1.54) is 50.5 Å². The van der Waals surface area contributed by atoms with Gasteiger partial charge in [-0.2, -0.15) is 0 Å². The van der Waals surface area contributed by atoms with E-state index in [1.807, 2.05) is 0 Å². The molecule has 0 saturated heterocycles. The summed E-state index contributed by atoms with van der Waals surface area (Å²) < 4.78 is 6.10. The summed E-state index contributed by atoms with van der Waals surface area (Å²) in [5, 5.41) is 3.80. The number of para-hydroxylation sites is 1. The molecule has 0 spiro atoms. The molecule has 2 heteroatoms. The summed E-state index contributed by atoms with van der Waals surface area (Å²) in [5.74, 6) is 2.02. The smallest absolute Gasteiger partial charge is 0.123 e. The summed E-state index contributed by atoms with van der Waals surface area (Å²) >= 11 is 0. The Hall–Kier alpha value is -1.02. The maximum absolute atomic E-state index is 6.10. The molecule has 1 N–H and O–H groups in total. The number of ether oxygens (including phenoxy) is 1. The molecular formula is C19H29NO. The fourth-order valence-electron chi connectivity index (χ4n) is 3.97. The van der Waals surface area contributed by atoms with E-state index in [0.717, 1.165) is 24.6 Å². The van der Waals surface area contributed by atoms with E-state index in [4.69, 9.17) is 4.74 Å². The van der Waals surface area contributed by atoms with Gasteiger partial charge in [-0.25, -0.2) is 0 Å². The van der Waals surface area contributed by atoms with Crippen LogP contribution in [0.25, 0.3) is 0 Å². The molecule has 1 aromatic carbocycles. The molecule has 2 unspecified atom stereocenters. The first-order valence-corrected chi connectivity index (χ1v) is 8.84. The van der Waals surface area contributed by atoms with Crippen molar-refractivity contribution < 1.29 is 4.74 Å². The molecule has 1 aliphatic heterocycles. The second-order valence-corrected chi connectivity index (χ2v) is 6.73. The van der Waals surface area contributed by atoms with Crippen LogP contribution >= 0.6 is 0 Å². The average molecular weight is 287 g/mol. The molecule has 2 aliphatic rings. The summed E-state index contributed by atoms with van der Waals surface area (Å²) in [6.07, 6.45) is 10.9. The van der Waals surface area contributed by atoms with Crippen molar-refractivity contribution in [2.45, 2.75) is 70.4 Å². The van der Waals surface area contributed by atoms with Crippen LogP contribution in [0.4, 0.5) is 0 Å². The Morgan fingerprint density at radius 3 is 2.81 bits per heavy atom. The quantitative estimate of drug-likeness (QED) is 0.806. The summed E-state index contributed by atoms with van der Waals surface area (Å²) in [4.78, 5) is 0. The zero-order valence-corrected chi connectivity index (χ0v) is 13.3. The highest BCUT2D eigenvalue weighted by molar-refractivity contribution is 5.37. The SMILES string of the molecule is CCCNC(CCC1Cc2ccccc2O1)C1CCCC1. The van der Waals surface area contributed by atoms with Crippen LogP contribution in [-0.4, -0.2) is 18.7 Å². The molecule has 0 bridgehead atoms. The van der Waals surface area contributed by atoms with Gasteiger partial charge in [-0.3, -0.25) is 0 Å². The highest BCUT2D eigenvalue weighted by Gasteiger charge is 2.27. The summed E-state index contributed by atoms with van der Waals surface area (Å²) in [5.41, 5.74) is 1.39. The molecule has 116 valence electrons. The first kappa shape index (κ1) is 14.9. The van der Waals surface area contributed by atoms with Crippen molar-refractivity contribution >= 4 is 0 Å². The van der Waals surface area contributed by atoms with E-state index < -0.39 is 0 Å². The van der Waals surface area contributed by atoms with Crippen LogP contribution in [0.5, 0.6) is 5.75 Å². The molecule has 3 rings (SSSR count). The van der Waals surface area contributed by atoms with E-state index >= 15 is 0 Å². The van der Waals surface area contributed by atoms with Crippen molar-refractivity contribution in [2.24, 2.45) is 5.92 Å². The normalized spacial score (nSPS) is 23.0. The highest BCUT2D eigenvalue weighted by atomic mass is 16.5. The van der Waals surface area contributed by atoms with Crippen LogP contribution < -0.4 is 10.1 Å². The monoisotopic (exact) mass is 287 g/mol. The van der Waals surface area contributed by atoms with E-state index in [2.05, 4.69) is 36.5 Å². The lowest BCUT2D eigenvalue weighted by molar-refractivity contribution is 0.201. The topological polar surface area (TPSA) is 21.3 Å². The van der Waals surface area contributed by atoms with Crippen molar-refractivity contribution in [3.63, 3.8) is 0 Å². The number of fused-ring (bicyclic) bond motifs is 1. The van der Waals surface area contributed by atoms with E-state index in [1.54, 1.807) is 0 Å². The van der Waals surface area contributed by atoms with E-state index in [-0.39, 0.29) is 0 Å². The van der Waals surface area contributed by atoms with Crippen LogP contribution in [0, 0.1) is 5.92 Å². The number of hydrogen-bond donors (Lipinski definition) is 1. The molecule has 0 aromatic heterocycles. The Bertz CT molecular complexity index is 414. The van der Waals surface area contributed by atoms with Gasteiger partial charge in [0, 0.05) is 12.5 Å². The van der Waals surface area contributed by atoms with Crippen LogP contribution in [0.3, 0.4) is 0 Å². The number of hydrogen-bond acceptors (Lipinski definition) is 2. The van der Waals surface area contributed by atoms with Crippen molar-refractivity contribution in [2.75, 3.05) is 6.54 Å². The molecule has 1 heterocycles. The second kappa shape index (κ2) is 7.31. The first-order valence-electron chi connectivity index (χ1n) is 8.84. The molecule has 1 aliphatic carbocycles. The minimum atomic E-state index is 0.398. The maximum atomic E-state index is 6.10. The molecule has 1 fully saturated rings.